The molecule has 25 heavy (non-hydrogen) atoms. The molecule has 2 nitrogen and oxygen atoms in total. The van der Waals surface area contributed by atoms with Gasteiger partial charge in [-0.2, -0.15) is 0 Å². The van der Waals surface area contributed by atoms with Gasteiger partial charge < -0.3 is 9.67 Å². The van der Waals surface area contributed by atoms with Gasteiger partial charge in [-0.3, -0.25) is 0 Å². The topological polar surface area (TPSA) is 25.2 Å². The fourth-order valence-electron chi connectivity index (χ4n) is 3.40. The molecule has 0 aliphatic carbocycles. The van der Waals surface area contributed by atoms with E-state index in [0.29, 0.717) is 0 Å². The number of fused-ring (bicyclic) bond motifs is 1. The Kier molecular flexibility index (Phi) is 4.08. The van der Waals surface area contributed by atoms with E-state index >= 15 is 0 Å². The van der Waals surface area contributed by atoms with Crippen LogP contribution in [0.1, 0.15) is 17.2 Å². The third-order valence-corrected chi connectivity index (χ3v) is 4.94. The second kappa shape index (κ2) is 6.40. The van der Waals surface area contributed by atoms with Crippen LogP contribution in [-0.2, 0) is 7.05 Å². The molecule has 0 saturated heterocycles. The zero-order valence-corrected chi connectivity index (χ0v) is 14.6. The van der Waals surface area contributed by atoms with Crippen molar-refractivity contribution in [3.63, 3.8) is 0 Å². The molecule has 0 saturated carbocycles. The van der Waals surface area contributed by atoms with Crippen LogP contribution in [-0.4, -0.2) is 9.67 Å². The predicted molar refractivity (Wildman–Crippen MR) is 104 cm³/mol. The van der Waals surface area contributed by atoms with Gasteiger partial charge in [-0.25, -0.2) is 0 Å². The van der Waals surface area contributed by atoms with Gasteiger partial charge in [0.1, 0.15) is 6.10 Å². The highest BCUT2D eigenvalue weighted by molar-refractivity contribution is 6.36. The number of halogens is 1. The summed E-state index contributed by atoms with van der Waals surface area (Å²) in [7, 11) is 2.01. The number of aromatic nitrogens is 1. The number of hydrogen-bond acceptors (Lipinski definition) is 1. The Labute approximate surface area is 151 Å². The number of hydrogen-bond donors (Lipinski definition) is 1. The van der Waals surface area contributed by atoms with Gasteiger partial charge in [0.2, 0.25) is 0 Å². The number of rotatable bonds is 3. The first kappa shape index (κ1) is 15.9. The van der Waals surface area contributed by atoms with Crippen LogP contribution in [0.2, 0.25) is 5.02 Å². The van der Waals surface area contributed by atoms with Gasteiger partial charge in [0.05, 0.1) is 5.02 Å². The zero-order chi connectivity index (χ0) is 17.4. The van der Waals surface area contributed by atoms with Crippen molar-refractivity contribution in [2.45, 2.75) is 6.10 Å². The van der Waals surface area contributed by atoms with Gasteiger partial charge in [0, 0.05) is 29.7 Å². The Bertz CT molecular complexity index is 1040. The Balaban J connectivity index is 1.94. The van der Waals surface area contributed by atoms with Crippen molar-refractivity contribution in [1.82, 2.24) is 4.57 Å². The van der Waals surface area contributed by atoms with Crippen LogP contribution in [0.3, 0.4) is 0 Å². The Morgan fingerprint density at radius 3 is 2.36 bits per heavy atom. The molecule has 4 rings (SSSR count). The van der Waals surface area contributed by atoms with Crippen LogP contribution in [0, 0.1) is 0 Å². The molecule has 0 spiro atoms. The monoisotopic (exact) mass is 347 g/mol. The standard InChI is InChI=1S/C22H18ClNO/c1-24-14-18(21-19(23)12-7-13-20(21)24)16-10-5-6-11-17(16)22(25)15-8-3-2-4-9-15/h2-14,22,25H,1H3. The first-order valence-corrected chi connectivity index (χ1v) is 8.60. The lowest BCUT2D eigenvalue weighted by Gasteiger charge is -2.16. The largest absolute Gasteiger partial charge is 0.384 e. The average Bonchev–Trinajstić information content (AvgIpc) is 3.00. The minimum absolute atomic E-state index is 0.685. The summed E-state index contributed by atoms with van der Waals surface area (Å²) < 4.78 is 2.07. The second-order valence-electron chi connectivity index (χ2n) is 6.19. The van der Waals surface area contributed by atoms with Gasteiger partial charge in [-0.05, 0) is 28.8 Å². The van der Waals surface area contributed by atoms with Crippen molar-refractivity contribution in [2.75, 3.05) is 0 Å². The highest BCUT2D eigenvalue weighted by Gasteiger charge is 2.19. The van der Waals surface area contributed by atoms with Crippen LogP contribution in [0.15, 0.2) is 79.0 Å². The fraction of sp³-hybridized carbons (Fsp3) is 0.0909. The van der Waals surface area contributed by atoms with Crippen molar-refractivity contribution in [1.29, 1.82) is 0 Å². The molecule has 0 bridgehead atoms. The van der Waals surface area contributed by atoms with Crippen molar-refractivity contribution in [3.8, 4) is 11.1 Å². The highest BCUT2D eigenvalue weighted by Crippen LogP contribution is 2.39. The van der Waals surface area contributed by atoms with E-state index in [1.54, 1.807) is 0 Å². The van der Waals surface area contributed by atoms with Crippen molar-refractivity contribution in [3.05, 3.63) is 95.1 Å². The third-order valence-electron chi connectivity index (χ3n) is 4.62. The molecule has 3 heteroatoms. The van der Waals surface area contributed by atoms with Crippen molar-refractivity contribution >= 4 is 22.5 Å². The number of nitrogens with zero attached hydrogens (tertiary/aromatic N) is 1. The fourth-order valence-corrected chi connectivity index (χ4v) is 3.67. The van der Waals surface area contributed by atoms with Crippen LogP contribution in [0.4, 0.5) is 0 Å². The molecule has 0 aliphatic heterocycles. The predicted octanol–water partition coefficient (Wildman–Crippen LogP) is 5.58. The van der Waals surface area contributed by atoms with Crippen LogP contribution < -0.4 is 0 Å². The molecule has 1 unspecified atom stereocenters. The smallest absolute Gasteiger partial charge is 0.105 e. The van der Waals surface area contributed by atoms with E-state index in [1.165, 1.54) is 0 Å². The summed E-state index contributed by atoms with van der Waals surface area (Å²) in [4.78, 5) is 0. The summed E-state index contributed by atoms with van der Waals surface area (Å²) in [6.07, 6.45) is 1.39. The van der Waals surface area contributed by atoms with E-state index < -0.39 is 6.10 Å². The molecule has 0 amide bonds. The molecule has 3 aromatic carbocycles. The van der Waals surface area contributed by atoms with Gasteiger partial charge in [-0.1, -0.05) is 72.3 Å². The molecule has 4 aromatic rings. The first-order chi connectivity index (χ1) is 12.2. The average molecular weight is 348 g/mol. The van der Waals surface area contributed by atoms with Crippen molar-refractivity contribution in [2.24, 2.45) is 7.05 Å². The molecule has 1 heterocycles. The molecule has 0 aliphatic rings. The highest BCUT2D eigenvalue weighted by atomic mass is 35.5. The summed E-state index contributed by atoms with van der Waals surface area (Å²) in [6.45, 7) is 0. The molecule has 124 valence electrons. The SMILES string of the molecule is Cn1cc(-c2ccccc2C(O)c2ccccc2)c2c(Cl)cccc21. The number of aryl methyl sites for hydroxylation is 1. The molecule has 1 aromatic heterocycles. The van der Waals surface area contributed by atoms with Crippen LogP contribution >= 0.6 is 11.6 Å². The van der Waals surface area contributed by atoms with E-state index in [4.69, 9.17) is 11.6 Å². The van der Waals surface area contributed by atoms with E-state index in [1.807, 2.05) is 73.8 Å². The van der Waals surface area contributed by atoms with Gasteiger partial charge in [-0.15, -0.1) is 0 Å². The van der Waals surface area contributed by atoms with Gasteiger partial charge in [0.25, 0.3) is 0 Å². The third kappa shape index (κ3) is 2.74. The Morgan fingerprint density at radius 1 is 0.840 bits per heavy atom. The summed E-state index contributed by atoms with van der Waals surface area (Å²) >= 11 is 6.50. The van der Waals surface area contributed by atoms with Gasteiger partial charge >= 0.3 is 0 Å². The summed E-state index contributed by atoms with van der Waals surface area (Å²) in [5.74, 6) is 0. The summed E-state index contributed by atoms with van der Waals surface area (Å²) in [5, 5.41) is 12.7. The quantitative estimate of drug-likeness (QED) is 0.514. The molecule has 0 radical (unpaired) electrons. The Hall–Kier alpha value is -2.55. The van der Waals surface area contributed by atoms with Gasteiger partial charge in [0.15, 0.2) is 0 Å². The maximum absolute atomic E-state index is 10.9. The van der Waals surface area contributed by atoms with E-state index in [2.05, 4.69) is 16.8 Å². The number of aliphatic hydroxyl groups excluding tert-OH is 1. The minimum atomic E-state index is -0.685. The lowest BCUT2D eigenvalue weighted by molar-refractivity contribution is 0.221. The molecular formula is C22H18ClNO. The maximum Gasteiger partial charge on any atom is 0.105 e. The summed E-state index contributed by atoms with van der Waals surface area (Å²) in [5.41, 5.74) is 4.86. The van der Waals surface area contributed by atoms with E-state index in [0.717, 1.165) is 38.2 Å². The molecule has 1 atom stereocenters. The normalized spacial score (nSPS) is 12.4. The zero-order valence-electron chi connectivity index (χ0n) is 13.9. The molecule has 1 N–H and O–H groups in total. The lowest BCUT2D eigenvalue weighted by Crippen LogP contribution is -2.01. The first-order valence-electron chi connectivity index (χ1n) is 8.22. The Morgan fingerprint density at radius 2 is 1.56 bits per heavy atom. The number of aliphatic hydroxyl groups is 1. The van der Waals surface area contributed by atoms with Crippen LogP contribution in [0.5, 0.6) is 0 Å². The van der Waals surface area contributed by atoms with Crippen molar-refractivity contribution < 1.29 is 5.11 Å². The number of benzene rings is 3. The minimum Gasteiger partial charge on any atom is -0.384 e. The lowest BCUT2D eigenvalue weighted by atomic mass is 9.92. The maximum atomic E-state index is 10.9. The molecular weight excluding hydrogens is 330 g/mol. The molecule has 0 fully saturated rings. The van der Waals surface area contributed by atoms with Crippen LogP contribution in [0.25, 0.3) is 22.0 Å². The van der Waals surface area contributed by atoms with E-state index in [9.17, 15) is 5.11 Å². The summed E-state index contributed by atoms with van der Waals surface area (Å²) in [6, 6.07) is 23.6. The van der Waals surface area contributed by atoms with E-state index in [-0.39, 0.29) is 0 Å². The second-order valence-corrected chi connectivity index (χ2v) is 6.60.